The molecule has 0 N–H and O–H groups in total. The molecule has 0 unspecified atom stereocenters. The average molecular weight is 374 g/mol. The maximum Gasteiger partial charge on any atom is 0.337 e. The van der Waals surface area contributed by atoms with Crippen LogP contribution in [-0.4, -0.2) is 18.7 Å². The maximum absolute atomic E-state index is 13.2. The maximum atomic E-state index is 13.2. The van der Waals surface area contributed by atoms with Gasteiger partial charge < -0.3 is 4.57 Å². The molecule has 0 amide bonds. The van der Waals surface area contributed by atoms with Gasteiger partial charge in [-0.05, 0) is 24.1 Å². The van der Waals surface area contributed by atoms with Crippen LogP contribution >= 0.6 is 0 Å². The molecule has 0 saturated carbocycles. The minimum Gasteiger partial charge on any atom is -0.320 e. The Morgan fingerprint density at radius 1 is 0.929 bits per heavy atom. The summed E-state index contributed by atoms with van der Waals surface area (Å²) >= 11 is 0. The van der Waals surface area contributed by atoms with Crippen molar-refractivity contribution in [1.82, 2.24) is 18.7 Å². The second-order valence-corrected chi connectivity index (χ2v) is 6.79. The summed E-state index contributed by atoms with van der Waals surface area (Å²) in [6.45, 7) is 2.96. The van der Waals surface area contributed by atoms with Crippen LogP contribution in [0.2, 0.25) is 0 Å². The number of imidazole rings is 1. The van der Waals surface area contributed by atoms with Gasteiger partial charge in [0.05, 0.1) is 12.0 Å². The highest BCUT2D eigenvalue weighted by atomic mass is 16.2. The van der Waals surface area contributed by atoms with Crippen molar-refractivity contribution in [2.45, 2.75) is 32.9 Å². The number of fused-ring (bicyclic) bond motifs is 1. The summed E-state index contributed by atoms with van der Waals surface area (Å²) in [7, 11) is 0. The molecular formula is C22H22N4O2. The van der Waals surface area contributed by atoms with Crippen molar-refractivity contribution in [1.29, 1.82) is 0 Å². The lowest BCUT2D eigenvalue weighted by Crippen LogP contribution is -2.40. The Morgan fingerprint density at radius 3 is 2.29 bits per heavy atom. The molecule has 6 heteroatoms. The van der Waals surface area contributed by atoms with Crippen LogP contribution < -0.4 is 11.2 Å². The van der Waals surface area contributed by atoms with E-state index in [4.69, 9.17) is 0 Å². The van der Waals surface area contributed by atoms with Gasteiger partial charge in [-0.15, -0.1) is 0 Å². The van der Waals surface area contributed by atoms with E-state index in [1.807, 2.05) is 72.2 Å². The minimum atomic E-state index is -0.345. The average Bonchev–Trinajstić information content (AvgIpc) is 3.13. The molecule has 2 aromatic carbocycles. The smallest absolute Gasteiger partial charge is 0.320 e. The van der Waals surface area contributed by atoms with Crippen molar-refractivity contribution < 1.29 is 0 Å². The highest BCUT2D eigenvalue weighted by Crippen LogP contribution is 2.14. The Bertz CT molecular complexity index is 1200. The highest BCUT2D eigenvalue weighted by Gasteiger charge is 2.19. The Hall–Kier alpha value is -3.41. The minimum absolute atomic E-state index is 0.283. The van der Waals surface area contributed by atoms with E-state index in [-0.39, 0.29) is 11.2 Å². The summed E-state index contributed by atoms with van der Waals surface area (Å²) in [5.74, 6) is 0. The Morgan fingerprint density at radius 2 is 1.61 bits per heavy atom. The molecule has 4 aromatic rings. The predicted octanol–water partition coefficient (Wildman–Crippen LogP) is 3.20. The second kappa shape index (κ2) is 7.68. The number of nitrogens with zero attached hydrogens (tertiary/aromatic N) is 4. The molecule has 2 aromatic heterocycles. The van der Waals surface area contributed by atoms with Crippen molar-refractivity contribution in [2.24, 2.45) is 0 Å². The number of unbranched alkanes of at least 4 members (excludes halogenated alkanes) is 1. The molecule has 6 nitrogen and oxygen atoms in total. The fourth-order valence-electron chi connectivity index (χ4n) is 3.40. The number of benzene rings is 2. The van der Waals surface area contributed by atoms with Crippen LogP contribution in [0.5, 0.6) is 0 Å². The largest absolute Gasteiger partial charge is 0.337 e. The fourth-order valence-corrected chi connectivity index (χ4v) is 3.40. The van der Waals surface area contributed by atoms with Crippen molar-refractivity contribution in [3.8, 4) is 5.69 Å². The molecule has 0 spiro atoms. The van der Waals surface area contributed by atoms with Crippen LogP contribution in [0.4, 0.5) is 0 Å². The molecule has 0 atom stereocenters. The normalized spacial score (nSPS) is 11.2. The summed E-state index contributed by atoms with van der Waals surface area (Å²) in [5, 5.41) is 0. The van der Waals surface area contributed by atoms with Gasteiger partial charge in [0.25, 0.3) is 5.56 Å². The molecule has 0 radical (unpaired) electrons. The number of aromatic nitrogens is 4. The molecule has 0 aliphatic carbocycles. The first-order valence-corrected chi connectivity index (χ1v) is 9.50. The third-order valence-corrected chi connectivity index (χ3v) is 4.85. The third kappa shape index (κ3) is 3.17. The first-order chi connectivity index (χ1) is 13.7. The van der Waals surface area contributed by atoms with Crippen molar-refractivity contribution in [3.63, 3.8) is 0 Å². The van der Waals surface area contributed by atoms with Gasteiger partial charge in [0, 0.05) is 13.1 Å². The van der Waals surface area contributed by atoms with E-state index >= 15 is 0 Å². The van der Waals surface area contributed by atoms with E-state index in [0.717, 1.165) is 18.4 Å². The monoisotopic (exact) mass is 374 g/mol. The highest BCUT2D eigenvalue weighted by molar-refractivity contribution is 5.72. The Labute approximate surface area is 162 Å². The summed E-state index contributed by atoms with van der Waals surface area (Å²) in [4.78, 5) is 30.8. The molecule has 28 heavy (non-hydrogen) atoms. The van der Waals surface area contributed by atoms with Crippen molar-refractivity contribution in [3.05, 3.63) is 93.4 Å². The first-order valence-electron chi connectivity index (χ1n) is 9.50. The molecule has 0 fully saturated rings. The van der Waals surface area contributed by atoms with Gasteiger partial charge in [0.1, 0.15) is 0 Å². The lowest BCUT2D eigenvalue weighted by molar-refractivity contribution is 0.575. The van der Waals surface area contributed by atoms with E-state index in [1.54, 1.807) is 6.33 Å². The zero-order valence-electron chi connectivity index (χ0n) is 15.8. The van der Waals surface area contributed by atoms with E-state index in [1.165, 1.54) is 9.13 Å². The first kappa shape index (κ1) is 18.0. The Balaban J connectivity index is 1.98. The summed E-state index contributed by atoms with van der Waals surface area (Å²) in [6.07, 6.45) is 3.31. The van der Waals surface area contributed by atoms with E-state index in [2.05, 4.69) is 4.98 Å². The lowest BCUT2D eigenvalue weighted by atomic mass is 10.2. The molecular weight excluding hydrogens is 352 g/mol. The predicted molar refractivity (Wildman–Crippen MR) is 110 cm³/mol. The molecule has 0 bridgehead atoms. The topological polar surface area (TPSA) is 61.8 Å². The van der Waals surface area contributed by atoms with Gasteiger partial charge in [-0.25, -0.2) is 14.3 Å². The van der Waals surface area contributed by atoms with Gasteiger partial charge in [-0.1, -0.05) is 61.9 Å². The molecule has 0 saturated heterocycles. The lowest BCUT2D eigenvalue weighted by Gasteiger charge is -2.12. The zero-order valence-corrected chi connectivity index (χ0v) is 15.8. The van der Waals surface area contributed by atoms with Crippen LogP contribution in [0, 0.1) is 0 Å². The SMILES string of the molecule is CCCCn1c(=O)c2c(ncn2Cc2ccccc2)n(-c2ccccc2)c1=O. The summed E-state index contributed by atoms with van der Waals surface area (Å²) in [6, 6.07) is 19.3. The summed E-state index contributed by atoms with van der Waals surface area (Å²) in [5.41, 5.74) is 1.98. The van der Waals surface area contributed by atoms with Crippen LogP contribution in [0.1, 0.15) is 25.3 Å². The van der Waals surface area contributed by atoms with Gasteiger partial charge in [-0.2, -0.15) is 0 Å². The van der Waals surface area contributed by atoms with Gasteiger partial charge in [0.2, 0.25) is 0 Å². The molecule has 0 aliphatic rings. The number of hydrogen-bond donors (Lipinski definition) is 0. The molecule has 4 rings (SSSR count). The quantitative estimate of drug-likeness (QED) is 0.521. The van der Waals surface area contributed by atoms with Gasteiger partial charge in [0.15, 0.2) is 11.2 Å². The molecule has 0 aliphatic heterocycles. The van der Waals surface area contributed by atoms with E-state index < -0.39 is 0 Å². The van der Waals surface area contributed by atoms with Crippen LogP contribution in [0.3, 0.4) is 0 Å². The van der Waals surface area contributed by atoms with Crippen molar-refractivity contribution in [2.75, 3.05) is 0 Å². The van der Waals surface area contributed by atoms with E-state index in [9.17, 15) is 9.59 Å². The van der Waals surface area contributed by atoms with Gasteiger partial charge >= 0.3 is 5.69 Å². The molecule has 142 valence electrons. The zero-order chi connectivity index (χ0) is 19.5. The van der Waals surface area contributed by atoms with Crippen LogP contribution in [0.25, 0.3) is 16.9 Å². The van der Waals surface area contributed by atoms with Crippen LogP contribution in [0.15, 0.2) is 76.6 Å². The number of rotatable bonds is 6. The second-order valence-electron chi connectivity index (χ2n) is 6.79. The van der Waals surface area contributed by atoms with Crippen molar-refractivity contribution >= 4 is 11.2 Å². The van der Waals surface area contributed by atoms with Gasteiger partial charge in [-0.3, -0.25) is 9.36 Å². The standard InChI is InChI=1S/C22H22N4O2/c1-2-3-14-25-21(27)19-20(26(22(25)28)18-12-8-5-9-13-18)23-16-24(19)15-17-10-6-4-7-11-17/h4-13,16H,2-3,14-15H2,1H3. The van der Waals surface area contributed by atoms with E-state index in [0.29, 0.717) is 29.9 Å². The number of hydrogen-bond acceptors (Lipinski definition) is 3. The summed E-state index contributed by atoms with van der Waals surface area (Å²) < 4.78 is 4.70. The number of para-hydroxylation sites is 1. The van der Waals surface area contributed by atoms with Crippen LogP contribution in [-0.2, 0) is 13.1 Å². The molecule has 2 heterocycles. The third-order valence-electron chi connectivity index (χ3n) is 4.85. The Kier molecular flexibility index (Phi) is 4.93. The fraction of sp³-hybridized carbons (Fsp3) is 0.227.